The van der Waals surface area contributed by atoms with Gasteiger partial charge in [-0.05, 0) is 67.6 Å². The van der Waals surface area contributed by atoms with Crippen molar-refractivity contribution in [2.45, 2.75) is 25.8 Å². The third kappa shape index (κ3) is 4.10. The van der Waals surface area contributed by atoms with Crippen LogP contribution in [0.2, 0.25) is 0 Å². The van der Waals surface area contributed by atoms with E-state index in [-0.39, 0.29) is 22.3 Å². The highest BCUT2D eigenvalue weighted by molar-refractivity contribution is 7.12. The molecule has 1 fully saturated rings. The maximum atomic E-state index is 15.2. The molecule has 0 radical (unpaired) electrons. The third-order valence-corrected chi connectivity index (χ3v) is 6.77. The van der Waals surface area contributed by atoms with Crippen LogP contribution in [0, 0.1) is 18.6 Å². The highest BCUT2D eigenvalue weighted by Gasteiger charge is 2.32. The molecule has 0 saturated carbocycles. The molecular weight excluding hydrogens is 460 g/mol. The summed E-state index contributed by atoms with van der Waals surface area (Å²) >= 11 is 0.861. The van der Waals surface area contributed by atoms with Gasteiger partial charge >= 0.3 is 4.87 Å². The zero-order valence-corrected chi connectivity index (χ0v) is 19.1. The molecule has 174 valence electrons. The maximum absolute atomic E-state index is 15.2. The van der Waals surface area contributed by atoms with Gasteiger partial charge in [0, 0.05) is 23.7 Å². The van der Waals surface area contributed by atoms with Crippen molar-refractivity contribution >= 4 is 33.8 Å². The van der Waals surface area contributed by atoms with Gasteiger partial charge in [-0.1, -0.05) is 17.4 Å². The Balaban J connectivity index is 1.62. The van der Waals surface area contributed by atoms with Gasteiger partial charge in [0.05, 0.1) is 11.6 Å². The standard InChI is InChI=1S/C24H21F2N5O2S/c1-13-9-16(25)10-14-6-8-28-21(20(13)14)31(17-3-2-7-27-12-17)23(32)18-5-4-15(11-19(18)26)22-29-30-24(33)34-22/h4-6,8-11,17,27H,2-3,7,12H2,1H3,(H,30,33)/t17-/m1/s1. The van der Waals surface area contributed by atoms with Gasteiger partial charge in [0.2, 0.25) is 0 Å². The fourth-order valence-corrected chi connectivity index (χ4v) is 5.04. The number of hydrogen-bond donors (Lipinski definition) is 2. The number of amides is 1. The molecule has 1 aliphatic heterocycles. The number of aromatic nitrogens is 3. The van der Waals surface area contributed by atoms with E-state index in [4.69, 9.17) is 0 Å². The summed E-state index contributed by atoms with van der Waals surface area (Å²) in [6.45, 7) is 3.13. The number of rotatable bonds is 4. The number of anilines is 1. The highest BCUT2D eigenvalue weighted by atomic mass is 32.1. The van der Waals surface area contributed by atoms with E-state index in [1.807, 2.05) is 0 Å². The normalized spacial score (nSPS) is 16.0. The highest BCUT2D eigenvalue weighted by Crippen LogP contribution is 2.33. The average Bonchev–Trinajstić information content (AvgIpc) is 3.26. The van der Waals surface area contributed by atoms with Gasteiger partial charge in [-0.2, -0.15) is 5.10 Å². The Morgan fingerprint density at radius 3 is 2.76 bits per heavy atom. The number of nitrogens with zero attached hydrogens (tertiary/aromatic N) is 3. The first-order chi connectivity index (χ1) is 16.4. The number of aromatic amines is 1. The number of piperidine rings is 1. The Morgan fingerprint density at radius 2 is 2.06 bits per heavy atom. The predicted molar refractivity (Wildman–Crippen MR) is 127 cm³/mol. The molecule has 3 heterocycles. The van der Waals surface area contributed by atoms with Crippen LogP contribution in [0.3, 0.4) is 0 Å². The predicted octanol–water partition coefficient (Wildman–Crippen LogP) is 4.03. The first-order valence-corrected chi connectivity index (χ1v) is 11.7. The maximum Gasteiger partial charge on any atom is 0.322 e. The molecule has 0 bridgehead atoms. The molecule has 0 aliphatic carbocycles. The number of H-pyrrole nitrogens is 1. The second kappa shape index (κ2) is 9.03. The second-order valence-corrected chi connectivity index (χ2v) is 9.21. The topological polar surface area (TPSA) is 91.0 Å². The van der Waals surface area contributed by atoms with Crippen molar-refractivity contribution in [3.63, 3.8) is 0 Å². The summed E-state index contributed by atoms with van der Waals surface area (Å²) in [4.78, 5) is 30.9. The van der Waals surface area contributed by atoms with Crippen LogP contribution in [-0.4, -0.2) is 40.2 Å². The molecule has 2 aromatic heterocycles. The Morgan fingerprint density at radius 1 is 1.21 bits per heavy atom. The SMILES string of the molecule is Cc1cc(F)cc2ccnc(N(C(=O)c3ccc(-c4n[nH]c(=O)s4)cc3F)[C@@H]3CCCNC3)c12. The number of hydrogen-bond acceptors (Lipinski definition) is 6. The lowest BCUT2D eigenvalue weighted by Gasteiger charge is -2.35. The molecule has 2 N–H and O–H groups in total. The number of carbonyl (C=O) groups is 1. The quantitative estimate of drug-likeness (QED) is 0.459. The molecule has 5 rings (SSSR count). The first-order valence-electron chi connectivity index (χ1n) is 10.9. The lowest BCUT2D eigenvalue weighted by atomic mass is 10.0. The number of halogens is 2. The Hall–Kier alpha value is -3.50. The van der Waals surface area contributed by atoms with Gasteiger partial charge in [0.1, 0.15) is 22.5 Å². The van der Waals surface area contributed by atoms with Crippen LogP contribution < -0.4 is 15.1 Å². The van der Waals surface area contributed by atoms with Gasteiger partial charge in [-0.25, -0.2) is 18.9 Å². The number of aryl methyl sites for hydroxylation is 1. The van der Waals surface area contributed by atoms with Crippen molar-refractivity contribution in [1.29, 1.82) is 0 Å². The summed E-state index contributed by atoms with van der Waals surface area (Å²) in [6, 6.07) is 8.42. The zero-order chi connectivity index (χ0) is 23.8. The summed E-state index contributed by atoms with van der Waals surface area (Å²) in [5.41, 5.74) is 0.928. The monoisotopic (exact) mass is 481 g/mol. The molecule has 0 spiro atoms. The largest absolute Gasteiger partial charge is 0.322 e. The minimum Gasteiger partial charge on any atom is -0.315 e. The van der Waals surface area contributed by atoms with E-state index < -0.39 is 11.7 Å². The number of nitrogens with one attached hydrogen (secondary N) is 2. The molecule has 1 amide bonds. The minimum atomic E-state index is -0.720. The summed E-state index contributed by atoms with van der Waals surface area (Å²) < 4.78 is 29.3. The lowest BCUT2D eigenvalue weighted by Crippen LogP contribution is -2.49. The van der Waals surface area contributed by atoms with Gasteiger partial charge in [0.15, 0.2) is 0 Å². The Labute approximate surface area is 197 Å². The van der Waals surface area contributed by atoms with Crippen LogP contribution >= 0.6 is 11.3 Å². The van der Waals surface area contributed by atoms with Gasteiger partial charge in [-0.3, -0.25) is 14.5 Å². The van der Waals surface area contributed by atoms with Crippen molar-refractivity contribution in [3.05, 3.63) is 75.0 Å². The smallest absolute Gasteiger partial charge is 0.315 e. The molecule has 1 aliphatic rings. The number of fused-ring (bicyclic) bond motifs is 1. The third-order valence-electron chi connectivity index (χ3n) is 5.97. The lowest BCUT2D eigenvalue weighted by molar-refractivity contribution is 0.0968. The van der Waals surface area contributed by atoms with Crippen LogP contribution in [0.4, 0.5) is 14.6 Å². The summed E-state index contributed by atoms with van der Waals surface area (Å²) in [5.74, 6) is -1.25. The van der Waals surface area contributed by atoms with E-state index in [9.17, 15) is 14.0 Å². The molecule has 1 saturated heterocycles. The molecule has 4 aromatic rings. The Kier molecular flexibility index (Phi) is 5.93. The summed E-state index contributed by atoms with van der Waals surface area (Å²) in [5, 5.41) is 11.1. The first kappa shape index (κ1) is 22.3. The van der Waals surface area contributed by atoms with Gasteiger partial charge < -0.3 is 5.32 Å². The van der Waals surface area contributed by atoms with Crippen molar-refractivity contribution in [2.24, 2.45) is 0 Å². The van der Waals surface area contributed by atoms with E-state index in [1.54, 1.807) is 19.1 Å². The van der Waals surface area contributed by atoms with Gasteiger partial charge in [0.25, 0.3) is 5.91 Å². The van der Waals surface area contributed by atoms with E-state index in [2.05, 4.69) is 20.5 Å². The minimum absolute atomic E-state index is 0.115. The molecule has 7 nitrogen and oxygen atoms in total. The van der Waals surface area contributed by atoms with Crippen molar-refractivity contribution in [3.8, 4) is 10.6 Å². The number of benzene rings is 2. The molecule has 2 aromatic carbocycles. The van der Waals surface area contributed by atoms with Crippen molar-refractivity contribution in [1.82, 2.24) is 20.5 Å². The summed E-state index contributed by atoms with van der Waals surface area (Å²) in [6.07, 6.45) is 3.11. The zero-order valence-electron chi connectivity index (χ0n) is 18.3. The Bertz CT molecular complexity index is 1450. The van der Waals surface area contributed by atoms with Crippen molar-refractivity contribution in [2.75, 3.05) is 18.0 Å². The van der Waals surface area contributed by atoms with Crippen LogP contribution in [-0.2, 0) is 0 Å². The molecule has 0 unspecified atom stereocenters. The van der Waals surface area contributed by atoms with E-state index >= 15 is 4.39 Å². The molecular formula is C24H21F2N5O2S. The number of carbonyl (C=O) groups excluding carboxylic acids is 1. The second-order valence-electron chi connectivity index (χ2n) is 8.24. The van der Waals surface area contributed by atoms with E-state index in [0.717, 1.165) is 30.7 Å². The molecule has 34 heavy (non-hydrogen) atoms. The molecule has 1 atom stereocenters. The van der Waals surface area contributed by atoms with Crippen LogP contribution in [0.15, 0.2) is 47.4 Å². The summed E-state index contributed by atoms with van der Waals surface area (Å²) in [7, 11) is 0. The number of pyridine rings is 1. The molecule has 10 heteroatoms. The van der Waals surface area contributed by atoms with E-state index in [0.29, 0.717) is 39.3 Å². The fourth-order valence-electron chi connectivity index (χ4n) is 4.43. The average molecular weight is 482 g/mol. The van der Waals surface area contributed by atoms with Crippen LogP contribution in [0.25, 0.3) is 21.3 Å². The fraction of sp³-hybridized carbons (Fsp3) is 0.250. The van der Waals surface area contributed by atoms with Crippen molar-refractivity contribution < 1.29 is 13.6 Å². The van der Waals surface area contributed by atoms with Crippen LogP contribution in [0.5, 0.6) is 0 Å². The van der Waals surface area contributed by atoms with Crippen LogP contribution in [0.1, 0.15) is 28.8 Å². The van der Waals surface area contributed by atoms with Gasteiger partial charge in [-0.15, -0.1) is 0 Å². The van der Waals surface area contributed by atoms with E-state index in [1.165, 1.54) is 35.4 Å².